The lowest BCUT2D eigenvalue weighted by atomic mass is 10.5. The van der Waals surface area contributed by atoms with Crippen molar-refractivity contribution in [2.45, 2.75) is 6.54 Å². The Hall–Kier alpha value is -1.78. The van der Waals surface area contributed by atoms with Crippen molar-refractivity contribution >= 4 is 5.88 Å². The summed E-state index contributed by atoms with van der Waals surface area (Å²) in [5, 5.41) is 2.98. The summed E-state index contributed by atoms with van der Waals surface area (Å²) in [5.41, 5.74) is 0.825. The third-order valence-corrected chi connectivity index (χ3v) is 1.36. The molecule has 0 aliphatic rings. The maximum Gasteiger partial charge on any atom is 0.213 e. The molecular weight excluding hydrogens is 158 g/mol. The van der Waals surface area contributed by atoms with E-state index in [1.54, 1.807) is 12.5 Å². The molecule has 5 heteroatoms. The van der Waals surface area contributed by atoms with Gasteiger partial charge in [0.1, 0.15) is 6.26 Å². The standard InChI is InChI=1S/C7H7N3O2/c1(6-3-11-5-10-6)9-7-2-8-4-12-7/h2-5,9H,1H2. The lowest BCUT2D eigenvalue weighted by Crippen LogP contribution is -1.97. The largest absolute Gasteiger partial charge is 0.451 e. The van der Waals surface area contributed by atoms with Crippen molar-refractivity contribution in [3.8, 4) is 0 Å². The van der Waals surface area contributed by atoms with E-state index in [9.17, 15) is 0 Å². The van der Waals surface area contributed by atoms with Gasteiger partial charge in [0.25, 0.3) is 0 Å². The summed E-state index contributed by atoms with van der Waals surface area (Å²) in [7, 11) is 0. The summed E-state index contributed by atoms with van der Waals surface area (Å²) in [6.45, 7) is 0.575. The van der Waals surface area contributed by atoms with Crippen LogP contribution >= 0.6 is 0 Å². The average molecular weight is 165 g/mol. The van der Waals surface area contributed by atoms with E-state index >= 15 is 0 Å². The van der Waals surface area contributed by atoms with E-state index in [1.807, 2.05) is 0 Å². The van der Waals surface area contributed by atoms with Gasteiger partial charge in [-0.2, -0.15) is 0 Å². The van der Waals surface area contributed by atoms with Crippen LogP contribution in [0.15, 0.2) is 34.1 Å². The molecule has 0 spiro atoms. The Morgan fingerprint density at radius 3 is 3.08 bits per heavy atom. The molecular formula is C7H7N3O2. The van der Waals surface area contributed by atoms with E-state index in [0.717, 1.165) is 5.69 Å². The quantitative estimate of drug-likeness (QED) is 0.742. The normalized spacial score (nSPS) is 10.0. The molecule has 0 aliphatic heterocycles. The average Bonchev–Trinajstić information content (AvgIpc) is 2.74. The van der Waals surface area contributed by atoms with Gasteiger partial charge >= 0.3 is 0 Å². The van der Waals surface area contributed by atoms with Crippen molar-refractivity contribution in [3.05, 3.63) is 30.9 Å². The first-order valence-electron chi connectivity index (χ1n) is 3.44. The first-order valence-corrected chi connectivity index (χ1v) is 3.44. The van der Waals surface area contributed by atoms with E-state index in [-0.39, 0.29) is 0 Å². The van der Waals surface area contributed by atoms with Gasteiger partial charge in [0.05, 0.1) is 18.4 Å². The van der Waals surface area contributed by atoms with Crippen LogP contribution in [-0.2, 0) is 6.54 Å². The molecule has 5 nitrogen and oxygen atoms in total. The minimum absolute atomic E-state index is 0.575. The van der Waals surface area contributed by atoms with Crippen molar-refractivity contribution in [1.82, 2.24) is 9.97 Å². The molecule has 1 N–H and O–H groups in total. The highest BCUT2D eigenvalue weighted by molar-refractivity contribution is 5.26. The van der Waals surface area contributed by atoms with Crippen LogP contribution in [0.3, 0.4) is 0 Å². The van der Waals surface area contributed by atoms with Gasteiger partial charge < -0.3 is 14.2 Å². The zero-order valence-electron chi connectivity index (χ0n) is 6.23. The van der Waals surface area contributed by atoms with Crippen LogP contribution in [0, 0.1) is 0 Å². The van der Waals surface area contributed by atoms with E-state index in [2.05, 4.69) is 15.3 Å². The molecule has 2 rings (SSSR count). The number of aromatic nitrogens is 2. The molecule has 12 heavy (non-hydrogen) atoms. The lowest BCUT2D eigenvalue weighted by Gasteiger charge is -1.95. The monoisotopic (exact) mass is 165 g/mol. The minimum Gasteiger partial charge on any atom is -0.451 e. The Morgan fingerprint density at radius 2 is 2.42 bits per heavy atom. The second-order valence-electron chi connectivity index (χ2n) is 2.20. The van der Waals surface area contributed by atoms with Crippen molar-refractivity contribution in [1.29, 1.82) is 0 Å². The van der Waals surface area contributed by atoms with Crippen LogP contribution in [0.25, 0.3) is 0 Å². The second-order valence-corrected chi connectivity index (χ2v) is 2.20. The number of anilines is 1. The number of oxazole rings is 2. The molecule has 0 radical (unpaired) electrons. The van der Waals surface area contributed by atoms with Gasteiger partial charge in [-0.25, -0.2) is 9.97 Å². The fourth-order valence-electron chi connectivity index (χ4n) is 0.806. The molecule has 2 heterocycles. The molecule has 0 saturated carbocycles. The van der Waals surface area contributed by atoms with Crippen molar-refractivity contribution in [2.24, 2.45) is 0 Å². The summed E-state index contributed by atoms with van der Waals surface area (Å²) in [6.07, 6.45) is 5.92. The number of nitrogens with one attached hydrogen (secondary N) is 1. The predicted molar refractivity (Wildman–Crippen MR) is 40.3 cm³/mol. The molecule has 0 aromatic carbocycles. The minimum atomic E-state index is 0.575. The molecule has 0 amide bonds. The zero-order valence-corrected chi connectivity index (χ0v) is 6.23. The molecule has 0 fully saturated rings. The molecule has 0 aliphatic carbocycles. The fourth-order valence-corrected chi connectivity index (χ4v) is 0.806. The van der Waals surface area contributed by atoms with E-state index < -0.39 is 0 Å². The van der Waals surface area contributed by atoms with Crippen LogP contribution in [0.4, 0.5) is 5.88 Å². The van der Waals surface area contributed by atoms with E-state index in [0.29, 0.717) is 12.4 Å². The van der Waals surface area contributed by atoms with Crippen molar-refractivity contribution < 1.29 is 8.83 Å². The van der Waals surface area contributed by atoms with Gasteiger partial charge in [-0.1, -0.05) is 0 Å². The predicted octanol–water partition coefficient (Wildman–Crippen LogP) is 1.27. The highest BCUT2D eigenvalue weighted by atomic mass is 16.4. The van der Waals surface area contributed by atoms with Crippen LogP contribution < -0.4 is 5.32 Å². The lowest BCUT2D eigenvalue weighted by molar-refractivity contribution is 0.555. The Kier molecular flexibility index (Phi) is 1.77. The highest BCUT2D eigenvalue weighted by Crippen LogP contribution is 2.05. The topological polar surface area (TPSA) is 64.1 Å². The van der Waals surface area contributed by atoms with Crippen LogP contribution in [0.1, 0.15) is 5.69 Å². The molecule has 62 valence electrons. The van der Waals surface area contributed by atoms with Gasteiger partial charge in [-0.3, -0.25) is 0 Å². The Balaban J connectivity index is 1.91. The number of hydrogen-bond donors (Lipinski definition) is 1. The summed E-state index contributed by atoms with van der Waals surface area (Å²) < 4.78 is 9.74. The first kappa shape index (κ1) is 6.90. The molecule has 0 unspecified atom stereocenters. The third-order valence-electron chi connectivity index (χ3n) is 1.36. The SMILES string of the molecule is c1nc(CNc2cnco2)co1. The molecule has 2 aromatic heterocycles. The summed E-state index contributed by atoms with van der Waals surface area (Å²) in [4.78, 5) is 7.67. The Bertz CT molecular complexity index is 280. The second kappa shape index (κ2) is 3.08. The molecule has 0 atom stereocenters. The van der Waals surface area contributed by atoms with Gasteiger partial charge in [0, 0.05) is 0 Å². The molecule has 2 aromatic rings. The van der Waals surface area contributed by atoms with Crippen molar-refractivity contribution in [2.75, 3.05) is 5.32 Å². The van der Waals surface area contributed by atoms with E-state index in [1.165, 1.54) is 12.8 Å². The fraction of sp³-hybridized carbons (Fsp3) is 0.143. The third kappa shape index (κ3) is 1.45. The Morgan fingerprint density at radius 1 is 1.42 bits per heavy atom. The maximum atomic E-state index is 4.95. The van der Waals surface area contributed by atoms with Gasteiger partial charge in [0.15, 0.2) is 12.8 Å². The smallest absolute Gasteiger partial charge is 0.213 e. The molecule has 0 saturated heterocycles. The van der Waals surface area contributed by atoms with Crippen LogP contribution in [0.5, 0.6) is 0 Å². The maximum absolute atomic E-state index is 4.95. The van der Waals surface area contributed by atoms with Crippen molar-refractivity contribution in [3.63, 3.8) is 0 Å². The zero-order chi connectivity index (χ0) is 8.23. The summed E-state index contributed by atoms with van der Waals surface area (Å²) in [6, 6.07) is 0. The van der Waals surface area contributed by atoms with Crippen LogP contribution in [-0.4, -0.2) is 9.97 Å². The Labute approximate surface area is 68.4 Å². The summed E-state index contributed by atoms with van der Waals surface area (Å²) >= 11 is 0. The van der Waals surface area contributed by atoms with Gasteiger partial charge in [-0.15, -0.1) is 0 Å². The number of rotatable bonds is 3. The first-order chi connectivity index (χ1) is 5.95. The van der Waals surface area contributed by atoms with Crippen LogP contribution in [0.2, 0.25) is 0 Å². The molecule has 0 bridgehead atoms. The van der Waals surface area contributed by atoms with Gasteiger partial charge in [-0.05, 0) is 0 Å². The van der Waals surface area contributed by atoms with Gasteiger partial charge in [0.2, 0.25) is 5.88 Å². The highest BCUT2D eigenvalue weighted by Gasteiger charge is 1.97. The number of nitrogens with zero attached hydrogens (tertiary/aromatic N) is 2. The number of hydrogen-bond acceptors (Lipinski definition) is 5. The van der Waals surface area contributed by atoms with E-state index in [4.69, 9.17) is 8.83 Å². The summed E-state index contributed by atoms with van der Waals surface area (Å²) in [5.74, 6) is 0.623.